The number of benzene rings is 3. The summed E-state index contributed by atoms with van der Waals surface area (Å²) in [6.07, 6.45) is 4.96. The number of ether oxygens (including phenoxy) is 3. The lowest BCUT2D eigenvalue weighted by atomic mass is 10.1. The van der Waals surface area contributed by atoms with Gasteiger partial charge in [-0.1, -0.05) is 41.4 Å². The zero-order chi connectivity index (χ0) is 33.3. The van der Waals surface area contributed by atoms with E-state index >= 15 is 0 Å². The molecule has 3 atom stereocenters. The molecule has 250 valence electrons. The van der Waals surface area contributed by atoms with Crippen LogP contribution in [0, 0.1) is 0 Å². The van der Waals surface area contributed by atoms with Gasteiger partial charge >= 0.3 is 6.03 Å². The molecule has 3 unspecified atom stereocenters. The molecular formula is C35H36Cl2N6O5. The predicted octanol–water partition coefficient (Wildman–Crippen LogP) is 5.48. The minimum absolute atomic E-state index is 0.0582. The minimum atomic E-state index is -1.10. The Morgan fingerprint density at radius 1 is 0.979 bits per heavy atom. The molecule has 0 spiro atoms. The van der Waals surface area contributed by atoms with Gasteiger partial charge in [0.2, 0.25) is 5.79 Å². The van der Waals surface area contributed by atoms with E-state index in [2.05, 4.69) is 44.4 Å². The average molecular weight is 692 g/mol. The third-order valence-electron chi connectivity index (χ3n) is 9.07. The zero-order valence-electron chi connectivity index (χ0n) is 26.4. The Morgan fingerprint density at radius 2 is 1.67 bits per heavy atom. The Hall–Kier alpha value is -4.29. The van der Waals surface area contributed by atoms with E-state index in [-0.39, 0.29) is 30.6 Å². The van der Waals surface area contributed by atoms with Crippen molar-refractivity contribution in [2.75, 3.05) is 55.7 Å². The highest BCUT2D eigenvalue weighted by atomic mass is 35.5. The van der Waals surface area contributed by atoms with E-state index in [0.717, 1.165) is 48.9 Å². The molecule has 3 aromatic carbocycles. The second kappa shape index (κ2) is 13.7. The van der Waals surface area contributed by atoms with Crippen LogP contribution in [0.25, 0.3) is 0 Å². The predicted molar refractivity (Wildman–Crippen MR) is 183 cm³/mol. The van der Waals surface area contributed by atoms with Crippen molar-refractivity contribution in [2.45, 2.75) is 31.4 Å². The minimum Gasteiger partial charge on any atom is -0.491 e. The first-order chi connectivity index (χ1) is 23.3. The van der Waals surface area contributed by atoms with Crippen LogP contribution in [0.4, 0.5) is 16.2 Å². The number of hydrogen-bond acceptors (Lipinski definition) is 8. The summed E-state index contributed by atoms with van der Waals surface area (Å²) in [5.41, 5.74) is 3.89. The lowest BCUT2D eigenvalue weighted by Crippen LogP contribution is -2.46. The van der Waals surface area contributed by atoms with E-state index in [9.17, 15) is 9.59 Å². The number of hydrogen-bond donors (Lipinski definition) is 1. The molecule has 3 aliphatic rings. The molecule has 3 saturated heterocycles. The highest BCUT2D eigenvalue weighted by Crippen LogP contribution is 2.40. The van der Waals surface area contributed by atoms with Crippen LogP contribution in [0.1, 0.15) is 24.1 Å². The van der Waals surface area contributed by atoms with Crippen LogP contribution in [-0.4, -0.2) is 78.4 Å². The number of carbonyl (C=O) groups is 2. The zero-order valence-corrected chi connectivity index (χ0v) is 27.9. The summed E-state index contributed by atoms with van der Waals surface area (Å²) in [4.78, 5) is 34.3. The number of urea groups is 1. The van der Waals surface area contributed by atoms with E-state index in [4.69, 9.17) is 37.4 Å². The summed E-state index contributed by atoms with van der Waals surface area (Å²) in [6.45, 7) is 6.45. The van der Waals surface area contributed by atoms with Crippen molar-refractivity contribution >= 4 is 46.5 Å². The normalized spacial score (nSPS) is 21.9. The molecule has 11 nitrogen and oxygen atoms in total. The first-order valence-corrected chi connectivity index (χ1v) is 16.7. The lowest BCUT2D eigenvalue weighted by Gasteiger charge is -2.37. The number of nitrogens with one attached hydrogen (secondary N) is 1. The average Bonchev–Trinajstić information content (AvgIpc) is 3.85. The Bertz CT molecular complexity index is 1730. The summed E-state index contributed by atoms with van der Waals surface area (Å²) < 4.78 is 20.8. The topological polar surface area (TPSA) is 101 Å². The Balaban J connectivity index is 0.918. The number of anilines is 2. The van der Waals surface area contributed by atoms with E-state index < -0.39 is 5.79 Å². The highest BCUT2D eigenvalue weighted by molar-refractivity contribution is 6.35. The van der Waals surface area contributed by atoms with Crippen molar-refractivity contribution in [3.63, 3.8) is 0 Å². The number of amides is 3. The van der Waals surface area contributed by atoms with Crippen LogP contribution in [0.5, 0.6) is 5.75 Å². The van der Waals surface area contributed by atoms with Crippen molar-refractivity contribution in [3.8, 4) is 5.75 Å². The standard InChI is InChI=1S/C35H36Cl2N6O5/c1-24(43-33(44)19-39-34(43)45)25-2-5-27(6-3-25)41-14-16-42(17-15-41)28-7-9-29(10-8-28)46-20-30-21-47-35(48-30,22-40-13-12-38-23-40)31-11-4-26(36)18-32(31)37/h2-13,18,23-24,30H,14-17,19-22H2,1H3,(H,39,45). The van der Waals surface area contributed by atoms with Crippen molar-refractivity contribution in [2.24, 2.45) is 0 Å². The molecule has 1 N–H and O–H groups in total. The van der Waals surface area contributed by atoms with Crippen molar-refractivity contribution < 1.29 is 23.8 Å². The van der Waals surface area contributed by atoms with Crippen molar-refractivity contribution in [1.82, 2.24) is 19.8 Å². The van der Waals surface area contributed by atoms with Gasteiger partial charge in [0.25, 0.3) is 5.91 Å². The van der Waals surface area contributed by atoms with Gasteiger partial charge in [-0.2, -0.15) is 0 Å². The van der Waals surface area contributed by atoms with Crippen LogP contribution in [0.15, 0.2) is 85.5 Å². The molecule has 13 heteroatoms. The molecule has 48 heavy (non-hydrogen) atoms. The van der Waals surface area contributed by atoms with E-state index in [1.165, 1.54) is 4.90 Å². The number of imidazole rings is 1. The van der Waals surface area contributed by atoms with Gasteiger partial charge in [-0.15, -0.1) is 0 Å². The molecule has 0 saturated carbocycles. The SMILES string of the molecule is CC(c1ccc(N2CCN(c3ccc(OCC4COC(Cn5ccnc5)(c5ccc(Cl)cc5Cl)O4)cc3)CC2)cc1)N1C(=O)CNC1=O. The summed E-state index contributed by atoms with van der Waals surface area (Å²) in [7, 11) is 0. The van der Waals surface area contributed by atoms with Crippen LogP contribution < -0.4 is 19.9 Å². The Labute approximate surface area is 288 Å². The lowest BCUT2D eigenvalue weighted by molar-refractivity contribution is -0.189. The fourth-order valence-electron chi connectivity index (χ4n) is 6.48. The number of carbonyl (C=O) groups excluding carboxylic acids is 2. The van der Waals surface area contributed by atoms with Gasteiger partial charge < -0.3 is 33.9 Å². The largest absolute Gasteiger partial charge is 0.491 e. The number of imide groups is 1. The monoisotopic (exact) mass is 690 g/mol. The van der Waals surface area contributed by atoms with Gasteiger partial charge in [-0.3, -0.25) is 9.69 Å². The maximum absolute atomic E-state index is 12.1. The molecule has 0 radical (unpaired) electrons. The summed E-state index contributed by atoms with van der Waals surface area (Å²) >= 11 is 12.8. The summed E-state index contributed by atoms with van der Waals surface area (Å²) in [5, 5.41) is 3.59. The molecular weight excluding hydrogens is 655 g/mol. The first kappa shape index (κ1) is 32.3. The van der Waals surface area contributed by atoms with Crippen molar-refractivity contribution in [1.29, 1.82) is 0 Å². The van der Waals surface area contributed by atoms with Crippen molar-refractivity contribution in [3.05, 3.63) is 107 Å². The van der Waals surface area contributed by atoms with Gasteiger partial charge in [0.1, 0.15) is 18.5 Å². The molecule has 0 bridgehead atoms. The number of aromatic nitrogens is 2. The van der Waals surface area contributed by atoms with E-state index in [1.54, 1.807) is 24.7 Å². The maximum atomic E-state index is 12.1. The second-order valence-electron chi connectivity index (χ2n) is 12.1. The van der Waals surface area contributed by atoms with Crippen LogP contribution >= 0.6 is 23.2 Å². The van der Waals surface area contributed by atoms with Crippen LogP contribution in [0.3, 0.4) is 0 Å². The third kappa shape index (κ3) is 6.68. The van der Waals surface area contributed by atoms with Crippen LogP contribution in [0.2, 0.25) is 10.0 Å². The van der Waals surface area contributed by atoms with E-state index in [0.29, 0.717) is 35.4 Å². The molecule has 1 aromatic heterocycles. The van der Waals surface area contributed by atoms with Gasteiger partial charge in [0.05, 0.1) is 37.1 Å². The molecule has 4 heterocycles. The highest BCUT2D eigenvalue weighted by Gasteiger charge is 2.45. The van der Waals surface area contributed by atoms with Gasteiger partial charge in [0.15, 0.2) is 0 Å². The summed E-state index contributed by atoms with van der Waals surface area (Å²) in [5.74, 6) is -0.552. The summed E-state index contributed by atoms with van der Waals surface area (Å²) in [6, 6.07) is 20.9. The molecule has 4 aromatic rings. The van der Waals surface area contributed by atoms with Crippen LogP contribution in [-0.2, 0) is 26.6 Å². The first-order valence-electron chi connectivity index (χ1n) is 15.9. The Morgan fingerprint density at radius 3 is 2.27 bits per heavy atom. The van der Waals surface area contributed by atoms with Gasteiger partial charge in [-0.05, 0) is 61.0 Å². The van der Waals surface area contributed by atoms with Gasteiger partial charge in [-0.25, -0.2) is 9.78 Å². The quantitative estimate of drug-likeness (QED) is 0.219. The fourth-order valence-corrected chi connectivity index (χ4v) is 7.03. The second-order valence-corrected chi connectivity index (χ2v) is 13.0. The molecule has 0 aliphatic carbocycles. The molecule has 3 amide bonds. The van der Waals surface area contributed by atoms with Gasteiger partial charge in [0, 0.05) is 60.5 Å². The van der Waals surface area contributed by atoms with E-state index in [1.807, 2.05) is 48.0 Å². The number of rotatable bonds is 10. The molecule has 7 rings (SSSR count). The maximum Gasteiger partial charge on any atom is 0.325 e. The third-order valence-corrected chi connectivity index (χ3v) is 9.62. The molecule has 3 fully saturated rings. The number of halogens is 2. The number of nitrogens with zero attached hydrogens (tertiary/aromatic N) is 5. The molecule has 3 aliphatic heterocycles. The number of piperazine rings is 1. The Kier molecular flexibility index (Phi) is 9.19. The smallest absolute Gasteiger partial charge is 0.325 e. The fraction of sp³-hybridized carbons (Fsp3) is 0.343.